The van der Waals surface area contributed by atoms with Crippen LogP contribution < -0.4 is 4.90 Å². The van der Waals surface area contributed by atoms with Gasteiger partial charge < -0.3 is 4.90 Å². The van der Waals surface area contributed by atoms with Gasteiger partial charge in [0.1, 0.15) is 0 Å². The Morgan fingerprint density at radius 2 is 1.74 bits per heavy atom. The predicted molar refractivity (Wildman–Crippen MR) is 94.6 cm³/mol. The summed E-state index contributed by atoms with van der Waals surface area (Å²) in [4.78, 5) is 13.5. The zero-order valence-electron chi connectivity index (χ0n) is 13.5. The van der Waals surface area contributed by atoms with Crippen molar-refractivity contribution in [3.8, 4) is 0 Å². The normalized spacial score (nSPS) is 16.0. The lowest BCUT2D eigenvalue weighted by molar-refractivity contribution is 0.249. The number of nitrogens with zero attached hydrogens (tertiary/aromatic N) is 6. The Morgan fingerprint density at radius 1 is 1.04 bits per heavy atom. The molecule has 7 heteroatoms. The summed E-state index contributed by atoms with van der Waals surface area (Å²) < 4.78 is 3.17. The Labute approximate surface area is 145 Å². The Bertz CT molecular complexity index is 606. The van der Waals surface area contributed by atoms with E-state index in [4.69, 9.17) is 0 Å². The molecule has 2 aromatic rings. The van der Waals surface area contributed by atoms with Crippen molar-refractivity contribution in [1.82, 2.24) is 24.6 Å². The van der Waals surface area contributed by atoms with E-state index in [9.17, 15) is 0 Å². The lowest BCUT2D eigenvalue weighted by Gasteiger charge is -2.34. The van der Waals surface area contributed by atoms with Gasteiger partial charge in [0.2, 0.25) is 5.95 Å². The minimum absolute atomic E-state index is 0.854. The summed E-state index contributed by atoms with van der Waals surface area (Å²) >= 11 is 3.51. The predicted octanol–water partition coefficient (Wildman–Crippen LogP) is 2.35. The van der Waals surface area contributed by atoms with Crippen LogP contribution in [0.3, 0.4) is 0 Å². The first kappa shape index (κ1) is 16.4. The van der Waals surface area contributed by atoms with Crippen molar-refractivity contribution < 1.29 is 0 Å². The Hall–Kier alpha value is -1.47. The Kier molecular flexibility index (Phi) is 5.61. The first-order valence-electron chi connectivity index (χ1n) is 8.16. The largest absolute Gasteiger partial charge is 0.338 e. The van der Waals surface area contributed by atoms with Crippen molar-refractivity contribution in [1.29, 1.82) is 0 Å². The molecule has 2 aromatic heterocycles. The van der Waals surface area contributed by atoms with E-state index in [-0.39, 0.29) is 0 Å². The highest BCUT2D eigenvalue weighted by Gasteiger charge is 2.18. The van der Waals surface area contributed by atoms with Crippen LogP contribution in [0.4, 0.5) is 5.95 Å². The maximum Gasteiger partial charge on any atom is 0.225 e. The zero-order chi connectivity index (χ0) is 16.1. The number of hydrogen-bond acceptors (Lipinski definition) is 5. The molecule has 1 aliphatic rings. The minimum atomic E-state index is 0.854. The fourth-order valence-electron chi connectivity index (χ4n) is 2.87. The maximum absolute atomic E-state index is 4.38. The highest BCUT2D eigenvalue weighted by molar-refractivity contribution is 9.10. The number of aromatic nitrogens is 4. The monoisotopic (exact) mass is 378 g/mol. The van der Waals surface area contributed by atoms with Gasteiger partial charge in [-0.25, -0.2) is 9.97 Å². The standard InChI is InChI=1S/C16H23BrN6/c1-14-15(17)13-20-23(14)8-3-2-7-21-9-11-22(12-10-21)16-18-5-4-6-19-16/h4-6,13H,2-3,7-12H2,1H3. The molecule has 3 heterocycles. The second-order valence-corrected chi connectivity index (χ2v) is 6.74. The van der Waals surface area contributed by atoms with E-state index >= 15 is 0 Å². The van der Waals surface area contributed by atoms with Crippen molar-refractivity contribution in [2.75, 3.05) is 37.6 Å². The molecule has 1 fully saturated rings. The average Bonchev–Trinajstić information content (AvgIpc) is 2.92. The summed E-state index contributed by atoms with van der Waals surface area (Å²) in [5, 5.41) is 4.38. The van der Waals surface area contributed by atoms with Gasteiger partial charge in [0.25, 0.3) is 0 Å². The van der Waals surface area contributed by atoms with Crippen molar-refractivity contribution in [2.24, 2.45) is 0 Å². The number of aryl methyl sites for hydroxylation is 1. The summed E-state index contributed by atoms with van der Waals surface area (Å²) in [7, 11) is 0. The Morgan fingerprint density at radius 3 is 2.39 bits per heavy atom. The van der Waals surface area contributed by atoms with E-state index in [2.05, 4.69) is 52.4 Å². The van der Waals surface area contributed by atoms with E-state index < -0.39 is 0 Å². The molecule has 0 radical (unpaired) electrons. The van der Waals surface area contributed by atoms with Gasteiger partial charge in [-0.05, 0) is 48.3 Å². The fraction of sp³-hybridized carbons (Fsp3) is 0.562. The molecule has 124 valence electrons. The smallest absolute Gasteiger partial charge is 0.225 e. The first-order valence-corrected chi connectivity index (χ1v) is 8.95. The molecule has 1 aliphatic heterocycles. The molecule has 0 saturated carbocycles. The molecule has 0 atom stereocenters. The van der Waals surface area contributed by atoms with Crippen LogP contribution in [0, 0.1) is 6.92 Å². The summed E-state index contributed by atoms with van der Waals surface area (Å²) in [6, 6.07) is 1.86. The highest BCUT2D eigenvalue weighted by atomic mass is 79.9. The summed E-state index contributed by atoms with van der Waals surface area (Å²) in [6.45, 7) is 8.45. The quantitative estimate of drug-likeness (QED) is 0.722. The van der Waals surface area contributed by atoms with Gasteiger partial charge >= 0.3 is 0 Å². The van der Waals surface area contributed by atoms with Crippen molar-refractivity contribution >= 4 is 21.9 Å². The van der Waals surface area contributed by atoms with Gasteiger partial charge in [-0.2, -0.15) is 5.10 Å². The van der Waals surface area contributed by atoms with Crippen molar-refractivity contribution in [3.05, 3.63) is 34.8 Å². The molecule has 6 nitrogen and oxygen atoms in total. The molecule has 0 spiro atoms. The van der Waals surface area contributed by atoms with Crippen molar-refractivity contribution in [2.45, 2.75) is 26.3 Å². The first-order chi connectivity index (χ1) is 11.2. The second kappa shape index (κ2) is 7.88. The molecule has 0 bridgehead atoms. The molecule has 0 aromatic carbocycles. The Balaban J connectivity index is 1.36. The lowest BCUT2D eigenvalue weighted by Crippen LogP contribution is -2.47. The topological polar surface area (TPSA) is 50.1 Å². The molecule has 0 unspecified atom stereocenters. The minimum Gasteiger partial charge on any atom is -0.338 e. The molecule has 1 saturated heterocycles. The third kappa shape index (κ3) is 4.29. The molecule has 0 N–H and O–H groups in total. The SMILES string of the molecule is Cc1c(Br)cnn1CCCCN1CCN(c2ncccn2)CC1. The van der Waals surface area contributed by atoms with Crippen LogP contribution in [0.2, 0.25) is 0 Å². The highest BCUT2D eigenvalue weighted by Crippen LogP contribution is 2.15. The van der Waals surface area contributed by atoms with Crippen LogP contribution >= 0.6 is 15.9 Å². The molecular weight excluding hydrogens is 356 g/mol. The van der Waals surface area contributed by atoms with Gasteiger partial charge in [-0.1, -0.05) is 0 Å². The van der Waals surface area contributed by atoms with Crippen LogP contribution in [0.5, 0.6) is 0 Å². The van der Waals surface area contributed by atoms with Crippen LogP contribution in [0.15, 0.2) is 29.1 Å². The number of halogens is 1. The van der Waals surface area contributed by atoms with Crippen LogP contribution in [0.25, 0.3) is 0 Å². The number of hydrogen-bond donors (Lipinski definition) is 0. The number of piperazine rings is 1. The fourth-order valence-corrected chi connectivity index (χ4v) is 3.17. The summed E-state index contributed by atoms with van der Waals surface area (Å²) in [5.74, 6) is 0.854. The van der Waals surface area contributed by atoms with E-state index in [1.807, 2.05) is 24.7 Å². The number of unbranched alkanes of at least 4 members (excludes halogenated alkanes) is 1. The van der Waals surface area contributed by atoms with E-state index in [0.717, 1.165) is 56.1 Å². The van der Waals surface area contributed by atoms with Crippen LogP contribution in [-0.2, 0) is 6.54 Å². The van der Waals surface area contributed by atoms with E-state index in [0.29, 0.717) is 0 Å². The van der Waals surface area contributed by atoms with Crippen LogP contribution in [-0.4, -0.2) is 57.4 Å². The van der Waals surface area contributed by atoms with E-state index in [1.165, 1.54) is 12.1 Å². The maximum atomic E-state index is 4.38. The van der Waals surface area contributed by atoms with Gasteiger partial charge in [0.05, 0.1) is 10.7 Å². The van der Waals surface area contributed by atoms with Crippen LogP contribution in [0.1, 0.15) is 18.5 Å². The zero-order valence-corrected chi connectivity index (χ0v) is 15.1. The average molecular weight is 379 g/mol. The van der Waals surface area contributed by atoms with E-state index in [1.54, 1.807) is 0 Å². The second-order valence-electron chi connectivity index (χ2n) is 5.89. The number of anilines is 1. The van der Waals surface area contributed by atoms with Gasteiger partial charge in [0.15, 0.2) is 0 Å². The summed E-state index contributed by atoms with van der Waals surface area (Å²) in [6.07, 6.45) is 7.87. The lowest BCUT2D eigenvalue weighted by atomic mass is 10.2. The van der Waals surface area contributed by atoms with Gasteiger partial charge in [-0.15, -0.1) is 0 Å². The molecule has 0 amide bonds. The molecular formula is C16H23BrN6. The van der Waals surface area contributed by atoms with Gasteiger partial charge in [-0.3, -0.25) is 9.58 Å². The number of rotatable bonds is 6. The molecule has 3 rings (SSSR count). The third-order valence-electron chi connectivity index (χ3n) is 4.34. The third-order valence-corrected chi connectivity index (χ3v) is 5.12. The van der Waals surface area contributed by atoms with Crippen molar-refractivity contribution in [3.63, 3.8) is 0 Å². The molecule has 23 heavy (non-hydrogen) atoms. The molecule has 0 aliphatic carbocycles. The van der Waals surface area contributed by atoms with Gasteiger partial charge in [0, 0.05) is 50.8 Å². The summed E-state index contributed by atoms with van der Waals surface area (Å²) in [5.41, 5.74) is 1.21.